The van der Waals surface area contributed by atoms with Crippen molar-refractivity contribution in [3.63, 3.8) is 0 Å². The van der Waals surface area contributed by atoms with Gasteiger partial charge in [0.2, 0.25) is 5.95 Å². The molecule has 122 valence electrons. The van der Waals surface area contributed by atoms with Gasteiger partial charge in [0.25, 0.3) is 0 Å². The van der Waals surface area contributed by atoms with Crippen LogP contribution in [0.4, 0.5) is 21.8 Å². The quantitative estimate of drug-likeness (QED) is 0.706. The van der Waals surface area contributed by atoms with Crippen LogP contribution in [0.15, 0.2) is 54.7 Å². The van der Waals surface area contributed by atoms with Crippen LogP contribution in [0.5, 0.6) is 0 Å². The number of nitrogens with one attached hydrogen (secondary N) is 2. The Balaban J connectivity index is 1.59. The van der Waals surface area contributed by atoms with Crippen molar-refractivity contribution in [3.05, 3.63) is 71.1 Å². The molecule has 0 saturated carbocycles. The molecule has 0 aliphatic heterocycles. The Labute approximate surface area is 143 Å². The van der Waals surface area contributed by atoms with Gasteiger partial charge in [-0.1, -0.05) is 35.9 Å². The number of hydrogen-bond donors (Lipinski definition) is 2. The summed E-state index contributed by atoms with van der Waals surface area (Å²) in [6.45, 7) is 0.645. The van der Waals surface area contributed by atoms with Gasteiger partial charge in [-0.25, -0.2) is 4.39 Å². The Morgan fingerprint density at radius 1 is 1.04 bits per heavy atom. The Kier molecular flexibility index (Phi) is 5.18. The number of aromatic nitrogens is 3. The van der Waals surface area contributed by atoms with Gasteiger partial charge < -0.3 is 10.6 Å². The van der Waals surface area contributed by atoms with Crippen LogP contribution in [-0.4, -0.2) is 21.7 Å². The fraction of sp³-hybridized carbons (Fsp3) is 0.118. The van der Waals surface area contributed by atoms with E-state index in [1.165, 1.54) is 12.3 Å². The molecule has 0 saturated heterocycles. The summed E-state index contributed by atoms with van der Waals surface area (Å²) < 4.78 is 13.6. The molecular weight excluding hydrogens is 329 g/mol. The fourth-order valence-electron chi connectivity index (χ4n) is 2.11. The van der Waals surface area contributed by atoms with Crippen LogP contribution < -0.4 is 10.6 Å². The maximum Gasteiger partial charge on any atom is 0.244 e. The zero-order valence-electron chi connectivity index (χ0n) is 12.7. The highest BCUT2D eigenvalue weighted by atomic mass is 35.5. The van der Waals surface area contributed by atoms with E-state index in [0.717, 1.165) is 12.0 Å². The van der Waals surface area contributed by atoms with Crippen molar-refractivity contribution in [3.8, 4) is 0 Å². The van der Waals surface area contributed by atoms with Crippen molar-refractivity contribution >= 4 is 29.1 Å². The van der Waals surface area contributed by atoms with Crippen LogP contribution in [0, 0.1) is 5.82 Å². The third kappa shape index (κ3) is 4.39. The topological polar surface area (TPSA) is 62.7 Å². The van der Waals surface area contributed by atoms with Crippen LogP contribution in [0.1, 0.15) is 5.56 Å². The van der Waals surface area contributed by atoms with Gasteiger partial charge >= 0.3 is 0 Å². The Morgan fingerprint density at radius 3 is 2.62 bits per heavy atom. The average Bonchev–Trinajstić information content (AvgIpc) is 2.59. The molecule has 0 amide bonds. The lowest BCUT2D eigenvalue weighted by atomic mass is 10.1. The smallest absolute Gasteiger partial charge is 0.244 e. The summed E-state index contributed by atoms with van der Waals surface area (Å²) in [7, 11) is 0. The molecule has 1 heterocycles. The number of para-hydroxylation sites is 1. The van der Waals surface area contributed by atoms with Gasteiger partial charge in [-0.3, -0.25) is 0 Å². The highest BCUT2D eigenvalue weighted by molar-refractivity contribution is 6.30. The zero-order chi connectivity index (χ0) is 16.8. The fourth-order valence-corrected chi connectivity index (χ4v) is 2.23. The van der Waals surface area contributed by atoms with Gasteiger partial charge in [-0.05, 0) is 36.2 Å². The van der Waals surface area contributed by atoms with Gasteiger partial charge in [0.15, 0.2) is 5.82 Å². The average molecular weight is 344 g/mol. The summed E-state index contributed by atoms with van der Waals surface area (Å²) in [6.07, 6.45) is 2.24. The molecule has 0 fully saturated rings. The predicted octanol–water partition coefficient (Wildman–Crippen LogP) is 4.06. The molecule has 5 nitrogen and oxygen atoms in total. The minimum absolute atomic E-state index is 0.338. The minimum atomic E-state index is -0.353. The summed E-state index contributed by atoms with van der Waals surface area (Å²) in [5.41, 5.74) is 1.49. The SMILES string of the molecule is Fc1ccccc1Nc1cnnc(NCCc2ccc(Cl)cc2)n1. The lowest BCUT2D eigenvalue weighted by Gasteiger charge is -2.08. The Hall–Kier alpha value is -2.73. The summed E-state index contributed by atoms with van der Waals surface area (Å²) in [5.74, 6) is 0.447. The number of benzene rings is 2. The van der Waals surface area contributed by atoms with Crippen LogP contribution in [0.25, 0.3) is 0 Å². The van der Waals surface area contributed by atoms with Crippen LogP contribution in [0.2, 0.25) is 5.02 Å². The van der Waals surface area contributed by atoms with E-state index >= 15 is 0 Å². The van der Waals surface area contributed by atoms with Gasteiger partial charge in [0, 0.05) is 11.6 Å². The standard InChI is InChI=1S/C17H15ClFN5/c18-13-7-5-12(6-8-13)9-10-20-17-23-16(11-21-24-17)22-15-4-2-1-3-14(15)19/h1-8,11H,9-10H2,(H2,20,22,23,24). The Bertz CT molecular complexity index is 810. The molecule has 24 heavy (non-hydrogen) atoms. The molecule has 1 aromatic heterocycles. The van der Waals surface area contributed by atoms with Gasteiger partial charge in [-0.2, -0.15) is 10.1 Å². The third-order valence-corrected chi connectivity index (χ3v) is 3.56. The van der Waals surface area contributed by atoms with Crippen LogP contribution in [-0.2, 0) is 6.42 Å². The van der Waals surface area contributed by atoms with Crippen molar-refractivity contribution in [1.82, 2.24) is 15.2 Å². The molecule has 0 aliphatic rings. The van der Waals surface area contributed by atoms with Crippen molar-refractivity contribution < 1.29 is 4.39 Å². The second-order valence-corrected chi connectivity index (χ2v) is 5.51. The summed E-state index contributed by atoms with van der Waals surface area (Å²) in [4.78, 5) is 4.27. The van der Waals surface area contributed by atoms with E-state index in [1.807, 2.05) is 24.3 Å². The van der Waals surface area contributed by atoms with Crippen molar-refractivity contribution in [2.75, 3.05) is 17.2 Å². The molecule has 0 bridgehead atoms. The number of halogens is 2. The first-order valence-electron chi connectivity index (χ1n) is 7.40. The van der Waals surface area contributed by atoms with E-state index in [2.05, 4.69) is 25.8 Å². The lowest BCUT2D eigenvalue weighted by Crippen LogP contribution is -2.09. The van der Waals surface area contributed by atoms with Gasteiger partial charge in [0.1, 0.15) is 5.82 Å². The van der Waals surface area contributed by atoms with Gasteiger partial charge in [-0.15, -0.1) is 5.10 Å². The molecule has 2 N–H and O–H groups in total. The molecule has 0 aliphatic carbocycles. The first-order valence-corrected chi connectivity index (χ1v) is 7.78. The number of rotatable bonds is 6. The predicted molar refractivity (Wildman–Crippen MR) is 93.2 cm³/mol. The first kappa shape index (κ1) is 16.1. The normalized spacial score (nSPS) is 10.4. The molecule has 0 unspecified atom stereocenters. The molecule has 0 spiro atoms. The van der Waals surface area contributed by atoms with E-state index in [-0.39, 0.29) is 5.82 Å². The van der Waals surface area contributed by atoms with Crippen LogP contribution >= 0.6 is 11.6 Å². The summed E-state index contributed by atoms with van der Waals surface area (Å²) in [5, 5.41) is 14.5. The highest BCUT2D eigenvalue weighted by Gasteiger charge is 2.04. The van der Waals surface area contributed by atoms with E-state index in [9.17, 15) is 4.39 Å². The number of nitrogens with zero attached hydrogens (tertiary/aromatic N) is 3. The molecule has 0 atom stereocenters. The first-order chi connectivity index (χ1) is 11.7. The van der Waals surface area contributed by atoms with Gasteiger partial charge in [0.05, 0.1) is 11.9 Å². The molecule has 7 heteroatoms. The number of hydrogen-bond acceptors (Lipinski definition) is 5. The summed E-state index contributed by atoms with van der Waals surface area (Å²) in [6, 6.07) is 14.0. The highest BCUT2D eigenvalue weighted by Crippen LogP contribution is 2.17. The van der Waals surface area contributed by atoms with E-state index in [1.54, 1.807) is 18.2 Å². The summed E-state index contributed by atoms with van der Waals surface area (Å²) >= 11 is 5.86. The van der Waals surface area contributed by atoms with Crippen molar-refractivity contribution in [2.24, 2.45) is 0 Å². The Morgan fingerprint density at radius 2 is 1.83 bits per heavy atom. The van der Waals surface area contributed by atoms with E-state index < -0.39 is 0 Å². The molecule has 0 radical (unpaired) electrons. The molecule has 3 aromatic rings. The van der Waals surface area contributed by atoms with Crippen LogP contribution in [0.3, 0.4) is 0 Å². The van der Waals surface area contributed by atoms with Crippen molar-refractivity contribution in [1.29, 1.82) is 0 Å². The zero-order valence-corrected chi connectivity index (χ0v) is 13.5. The molecular formula is C17H15ClFN5. The second-order valence-electron chi connectivity index (χ2n) is 5.07. The minimum Gasteiger partial charge on any atom is -0.353 e. The third-order valence-electron chi connectivity index (χ3n) is 3.31. The molecule has 3 rings (SSSR count). The maximum atomic E-state index is 13.6. The van der Waals surface area contributed by atoms with E-state index in [0.29, 0.717) is 29.0 Å². The number of anilines is 3. The second kappa shape index (κ2) is 7.70. The maximum absolute atomic E-state index is 13.6. The lowest BCUT2D eigenvalue weighted by molar-refractivity contribution is 0.631. The molecule has 2 aromatic carbocycles. The van der Waals surface area contributed by atoms with Crippen molar-refractivity contribution in [2.45, 2.75) is 6.42 Å². The van der Waals surface area contributed by atoms with E-state index in [4.69, 9.17) is 11.6 Å². The largest absolute Gasteiger partial charge is 0.353 e. The monoisotopic (exact) mass is 343 g/mol.